The van der Waals surface area contributed by atoms with Crippen molar-refractivity contribution in [3.05, 3.63) is 29.6 Å². The van der Waals surface area contributed by atoms with Gasteiger partial charge in [0.15, 0.2) is 0 Å². The normalized spacial score (nSPS) is 28.4. The van der Waals surface area contributed by atoms with Gasteiger partial charge in [0, 0.05) is 30.1 Å². The van der Waals surface area contributed by atoms with E-state index in [1.54, 1.807) is 16.4 Å². The molecule has 3 saturated heterocycles. The largest absolute Gasteiger partial charge is 0.450 e. The third kappa shape index (κ3) is 3.98. The van der Waals surface area contributed by atoms with Crippen molar-refractivity contribution in [2.75, 3.05) is 36.3 Å². The Labute approximate surface area is 202 Å². The van der Waals surface area contributed by atoms with Crippen molar-refractivity contribution in [3.63, 3.8) is 0 Å². The molecule has 4 aliphatic rings. The highest BCUT2D eigenvalue weighted by Gasteiger charge is 2.50. The molecule has 0 aromatic heterocycles. The van der Waals surface area contributed by atoms with Crippen LogP contribution in [0.4, 0.5) is 14.9 Å². The lowest BCUT2D eigenvalue weighted by Crippen LogP contribution is -2.55. The zero-order valence-electron chi connectivity index (χ0n) is 20.2. The predicted octanol–water partition coefficient (Wildman–Crippen LogP) is 3.87. The van der Waals surface area contributed by atoms with Crippen molar-refractivity contribution in [1.82, 2.24) is 9.80 Å². The van der Waals surface area contributed by atoms with E-state index < -0.39 is 10.0 Å². The van der Waals surface area contributed by atoms with Gasteiger partial charge in [-0.2, -0.15) is 0 Å². The van der Waals surface area contributed by atoms with Gasteiger partial charge in [0.1, 0.15) is 5.82 Å². The molecule has 1 aromatic carbocycles. The number of hydrogen-bond acceptors (Lipinski definition) is 5. The Hall–Kier alpha value is -1.87. The SMILES string of the molecule is CCCS(=O)(=O)N1CC2(CCN(C3CC4CCC(C3)N4C(=O)OCC)CC2)c2cc(F)ccc21. The van der Waals surface area contributed by atoms with E-state index in [4.69, 9.17) is 4.74 Å². The molecular weight excluding hydrogens is 457 g/mol. The average Bonchev–Trinajstić information content (AvgIpc) is 3.26. The highest BCUT2D eigenvalue weighted by Crippen LogP contribution is 2.49. The number of likely N-dealkylation sites (tertiary alicyclic amines) is 1. The molecule has 4 aliphatic heterocycles. The van der Waals surface area contributed by atoms with Crippen LogP contribution in [-0.2, 0) is 20.2 Å². The van der Waals surface area contributed by atoms with E-state index >= 15 is 0 Å². The maximum atomic E-state index is 14.3. The highest BCUT2D eigenvalue weighted by molar-refractivity contribution is 7.92. The molecule has 0 N–H and O–H groups in total. The van der Waals surface area contributed by atoms with Crippen LogP contribution >= 0.6 is 0 Å². The smallest absolute Gasteiger partial charge is 0.410 e. The summed E-state index contributed by atoms with van der Waals surface area (Å²) in [6.45, 7) is 6.25. The van der Waals surface area contributed by atoms with Crippen LogP contribution in [0.25, 0.3) is 0 Å². The summed E-state index contributed by atoms with van der Waals surface area (Å²) in [4.78, 5) is 16.9. The Morgan fingerprint density at radius 2 is 1.79 bits per heavy atom. The molecule has 0 saturated carbocycles. The monoisotopic (exact) mass is 493 g/mol. The molecule has 1 amide bonds. The van der Waals surface area contributed by atoms with Gasteiger partial charge in [0.05, 0.1) is 18.0 Å². The highest BCUT2D eigenvalue weighted by atomic mass is 32.2. The zero-order valence-corrected chi connectivity index (χ0v) is 21.0. The van der Waals surface area contributed by atoms with Gasteiger partial charge in [0.2, 0.25) is 10.0 Å². The summed E-state index contributed by atoms with van der Waals surface area (Å²) in [6, 6.07) is 5.49. The zero-order chi connectivity index (χ0) is 24.1. The molecule has 34 heavy (non-hydrogen) atoms. The van der Waals surface area contributed by atoms with Crippen LogP contribution in [0, 0.1) is 5.82 Å². The van der Waals surface area contributed by atoms with Crippen LogP contribution in [0.3, 0.4) is 0 Å². The number of ether oxygens (including phenoxy) is 1. The molecule has 2 unspecified atom stereocenters. The first-order valence-electron chi connectivity index (χ1n) is 12.8. The fourth-order valence-electron chi connectivity index (χ4n) is 6.90. The maximum Gasteiger partial charge on any atom is 0.410 e. The van der Waals surface area contributed by atoms with Gasteiger partial charge < -0.3 is 14.5 Å². The van der Waals surface area contributed by atoms with Crippen LogP contribution in [0.5, 0.6) is 0 Å². The van der Waals surface area contributed by atoms with Crippen molar-refractivity contribution in [3.8, 4) is 0 Å². The molecule has 9 heteroatoms. The van der Waals surface area contributed by atoms with Gasteiger partial charge in [-0.3, -0.25) is 4.31 Å². The van der Waals surface area contributed by atoms with Crippen molar-refractivity contribution >= 4 is 21.8 Å². The van der Waals surface area contributed by atoms with E-state index in [0.717, 1.165) is 57.2 Å². The molecule has 2 bridgehead atoms. The second-order valence-electron chi connectivity index (χ2n) is 10.4. The summed E-state index contributed by atoms with van der Waals surface area (Å²) in [6.07, 6.45) is 6.01. The summed E-state index contributed by atoms with van der Waals surface area (Å²) < 4.78 is 47.1. The Kier molecular flexibility index (Phi) is 6.29. The number of anilines is 1. The maximum absolute atomic E-state index is 14.3. The number of amides is 1. The van der Waals surface area contributed by atoms with Crippen LogP contribution < -0.4 is 4.31 Å². The third-order valence-electron chi connectivity index (χ3n) is 8.50. The predicted molar refractivity (Wildman–Crippen MR) is 129 cm³/mol. The number of piperidine rings is 2. The number of halogens is 1. The van der Waals surface area contributed by atoms with E-state index in [-0.39, 0.29) is 35.2 Å². The van der Waals surface area contributed by atoms with Crippen LogP contribution in [-0.4, -0.2) is 74.4 Å². The van der Waals surface area contributed by atoms with Crippen molar-refractivity contribution in [2.24, 2.45) is 0 Å². The van der Waals surface area contributed by atoms with Crippen LogP contribution in [0.2, 0.25) is 0 Å². The van der Waals surface area contributed by atoms with Crippen molar-refractivity contribution in [2.45, 2.75) is 82.3 Å². The summed E-state index contributed by atoms with van der Waals surface area (Å²) >= 11 is 0. The number of hydrogen-bond donors (Lipinski definition) is 0. The van der Waals surface area contributed by atoms with Gasteiger partial charge in [0.25, 0.3) is 0 Å². The number of carbonyl (C=O) groups is 1. The number of carbonyl (C=O) groups excluding carboxylic acids is 1. The standard InChI is InChI=1S/C25H36FN3O4S/c1-3-13-34(31,32)28-17-25(22-14-18(26)5-8-23(22)28)9-11-27(12-10-25)21-15-19-6-7-20(16-21)29(19)24(30)33-4-2/h5,8,14,19-21H,3-4,6-7,9-13,15-17H2,1-2H3. The summed E-state index contributed by atoms with van der Waals surface area (Å²) in [5.74, 6) is -0.202. The minimum atomic E-state index is -3.42. The average molecular weight is 494 g/mol. The molecule has 1 aromatic rings. The lowest BCUT2D eigenvalue weighted by Gasteiger charge is -2.47. The Bertz CT molecular complexity index is 1030. The fraction of sp³-hybridized carbons (Fsp3) is 0.720. The lowest BCUT2D eigenvalue weighted by atomic mass is 9.73. The molecular formula is C25H36FN3O4S. The fourth-order valence-corrected chi connectivity index (χ4v) is 8.54. The topological polar surface area (TPSA) is 70.2 Å². The first-order chi connectivity index (χ1) is 16.3. The molecule has 0 radical (unpaired) electrons. The number of fused-ring (bicyclic) bond motifs is 4. The van der Waals surface area contributed by atoms with Gasteiger partial charge in [-0.25, -0.2) is 17.6 Å². The number of rotatable bonds is 5. The molecule has 188 valence electrons. The first kappa shape index (κ1) is 23.9. The second kappa shape index (κ2) is 8.97. The van der Waals surface area contributed by atoms with Gasteiger partial charge in [-0.15, -0.1) is 0 Å². The number of sulfonamides is 1. The van der Waals surface area contributed by atoms with Crippen molar-refractivity contribution < 1.29 is 22.3 Å². The third-order valence-corrected chi connectivity index (χ3v) is 10.4. The molecule has 5 rings (SSSR count). The molecule has 3 fully saturated rings. The molecule has 1 spiro atoms. The first-order valence-corrected chi connectivity index (χ1v) is 14.4. The van der Waals surface area contributed by atoms with E-state index in [9.17, 15) is 17.6 Å². The van der Waals surface area contributed by atoms with Gasteiger partial charge in [-0.05, 0) is 88.7 Å². The van der Waals surface area contributed by atoms with E-state index in [0.29, 0.717) is 31.3 Å². The molecule has 0 aliphatic carbocycles. The van der Waals surface area contributed by atoms with Gasteiger partial charge in [-0.1, -0.05) is 6.92 Å². The Balaban J connectivity index is 1.31. The Morgan fingerprint density at radius 3 is 2.41 bits per heavy atom. The van der Waals surface area contributed by atoms with Crippen LogP contribution in [0.15, 0.2) is 18.2 Å². The molecule has 7 nitrogen and oxygen atoms in total. The van der Waals surface area contributed by atoms with E-state index in [1.807, 2.05) is 18.7 Å². The lowest BCUT2D eigenvalue weighted by molar-refractivity contribution is 0.0283. The molecule has 2 atom stereocenters. The number of nitrogens with zero attached hydrogens (tertiary/aromatic N) is 3. The molecule has 4 heterocycles. The minimum absolute atomic E-state index is 0.105. The summed E-state index contributed by atoms with van der Waals surface area (Å²) in [5, 5.41) is 0. The van der Waals surface area contributed by atoms with E-state index in [2.05, 4.69) is 4.90 Å². The van der Waals surface area contributed by atoms with E-state index in [1.165, 1.54) is 6.07 Å². The summed E-state index contributed by atoms with van der Waals surface area (Å²) in [7, 11) is -3.42. The minimum Gasteiger partial charge on any atom is -0.450 e. The number of benzene rings is 1. The van der Waals surface area contributed by atoms with Crippen molar-refractivity contribution in [1.29, 1.82) is 0 Å². The Morgan fingerprint density at radius 1 is 1.12 bits per heavy atom. The van der Waals surface area contributed by atoms with Crippen LogP contribution in [0.1, 0.15) is 64.4 Å². The van der Waals surface area contributed by atoms with Gasteiger partial charge >= 0.3 is 6.09 Å². The second-order valence-corrected chi connectivity index (χ2v) is 12.4. The quantitative estimate of drug-likeness (QED) is 0.623. The summed E-state index contributed by atoms with van der Waals surface area (Å²) in [5.41, 5.74) is 1.17.